The maximum absolute atomic E-state index is 13.1. The van der Waals surface area contributed by atoms with Gasteiger partial charge in [0.1, 0.15) is 5.75 Å². The Balaban J connectivity index is 1.69. The number of rotatable bonds is 11. The van der Waals surface area contributed by atoms with Crippen LogP contribution in [0.4, 0.5) is 0 Å². The standard InChI is InChI=1S/C24H31N2O5/c1-5-15-31-16-12-21(27)26(2,3)14-7-13-25-23(28)18-9-6-8-17-20(30-4)11-10-19(22(17)18)24(25)29/h5-6,8-11,21,27H,1,7,12-16H2,2-4H3/q+1. The van der Waals surface area contributed by atoms with Crippen LogP contribution in [0.3, 0.4) is 0 Å². The molecule has 2 amide bonds. The number of nitrogens with zero attached hydrogens (tertiary/aromatic N) is 2. The predicted molar refractivity (Wildman–Crippen MR) is 119 cm³/mol. The Hall–Kier alpha value is -2.74. The highest BCUT2D eigenvalue weighted by molar-refractivity contribution is 6.26. The van der Waals surface area contributed by atoms with Gasteiger partial charge >= 0.3 is 0 Å². The molecule has 0 aromatic heterocycles. The van der Waals surface area contributed by atoms with Gasteiger partial charge in [-0.3, -0.25) is 14.5 Å². The second-order valence-corrected chi connectivity index (χ2v) is 8.29. The monoisotopic (exact) mass is 427 g/mol. The average Bonchev–Trinajstić information content (AvgIpc) is 2.76. The number of quaternary nitrogens is 1. The molecule has 1 atom stereocenters. The van der Waals surface area contributed by atoms with Gasteiger partial charge in [-0.25, -0.2) is 0 Å². The minimum absolute atomic E-state index is 0.292. The Morgan fingerprint density at radius 2 is 1.87 bits per heavy atom. The molecule has 2 aromatic carbocycles. The lowest BCUT2D eigenvalue weighted by atomic mass is 9.93. The van der Waals surface area contributed by atoms with E-state index in [0.717, 1.165) is 5.39 Å². The molecular weight excluding hydrogens is 396 g/mol. The Morgan fingerprint density at radius 3 is 2.55 bits per heavy atom. The number of hydrogen-bond acceptors (Lipinski definition) is 5. The fourth-order valence-corrected chi connectivity index (χ4v) is 3.99. The van der Waals surface area contributed by atoms with Gasteiger partial charge < -0.3 is 19.1 Å². The molecular formula is C24H31N2O5+. The average molecular weight is 428 g/mol. The molecule has 0 radical (unpaired) electrons. The lowest BCUT2D eigenvalue weighted by Gasteiger charge is -2.35. The van der Waals surface area contributed by atoms with Crippen molar-refractivity contribution in [1.82, 2.24) is 4.90 Å². The summed E-state index contributed by atoms with van der Waals surface area (Å²) in [7, 11) is 5.43. The SMILES string of the molecule is C=CCOCCC(O)[N+](C)(C)CCCN1C(=O)c2cccc3c(OC)ccc(c23)C1=O. The summed E-state index contributed by atoms with van der Waals surface area (Å²) in [5, 5.41) is 11.9. The largest absolute Gasteiger partial charge is 0.496 e. The third-order valence-electron chi connectivity index (χ3n) is 5.85. The Labute approximate surface area is 183 Å². The van der Waals surface area contributed by atoms with Crippen molar-refractivity contribution >= 4 is 22.6 Å². The van der Waals surface area contributed by atoms with Crippen molar-refractivity contribution in [1.29, 1.82) is 0 Å². The number of benzene rings is 2. The number of carbonyl (C=O) groups excluding carboxylic acids is 2. The maximum Gasteiger partial charge on any atom is 0.261 e. The number of amides is 2. The van der Waals surface area contributed by atoms with Crippen LogP contribution in [0.1, 0.15) is 33.6 Å². The van der Waals surface area contributed by atoms with Crippen LogP contribution in [-0.4, -0.2) is 80.0 Å². The Morgan fingerprint density at radius 1 is 1.16 bits per heavy atom. The minimum atomic E-state index is -0.598. The van der Waals surface area contributed by atoms with Gasteiger partial charge in [-0.2, -0.15) is 0 Å². The van der Waals surface area contributed by atoms with E-state index in [2.05, 4.69) is 6.58 Å². The van der Waals surface area contributed by atoms with Gasteiger partial charge in [0.25, 0.3) is 11.8 Å². The molecule has 0 saturated heterocycles. The lowest BCUT2D eigenvalue weighted by molar-refractivity contribution is -0.937. The summed E-state index contributed by atoms with van der Waals surface area (Å²) in [5.74, 6) is 0.0554. The van der Waals surface area contributed by atoms with Crippen molar-refractivity contribution < 1.29 is 28.7 Å². The maximum atomic E-state index is 13.1. The minimum Gasteiger partial charge on any atom is -0.496 e. The van der Waals surface area contributed by atoms with E-state index >= 15 is 0 Å². The van der Waals surface area contributed by atoms with Crippen molar-refractivity contribution in [3.63, 3.8) is 0 Å². The smallest absolute Gasteiger partial charge is 0.261 e. The fourth-order valence-electron chi connectivity index (χ4n) is 3.99. The molecule has 3 rings (SSSR count). The second kappa shape index (κ2) is 9.60. The Bertz CT molecular complexity index is 963. The van der Waals surface area contributed by atoms with Crippen molar-refractivity contribution in [2.45, 2.75) is 19.1 Å². The number of aliphatic hydroxyl groups excluding tert-OH is 1. The third kappa shape index (κ3) is 4.63. The molecule has 0 aliphatic carbocycles. The van der Waals surface area contributed by atoms with Gasteiger partial charge in [-0.1, -0.05) is 18.2 Å². The number of aliphatic hydroxyl groups is 1. The first-order valence-corrected chi connectivity index (χ1v) is 10.5. The molecule has 1 aliphatic rings. The molecule has 1 aliphatic heterocycles. The summed E-state index contributed by atoms with van der Waals surface area (Å²) >= 11 is 0. The number of hydrogen-bond donors (Lipinski definition) is 1. The van der Waals surface area contributed by atoms with Crippen LogP contribution in [0.15, 0.2) is 43.0 Å². The molecule has 1 unspecified atom stereocenters. The van der Waals surface area contributed by atoms with Crippen LogP contribution in [-0.2, 0) is 4.74 Å². The highest BCUT2D eigenvalue weighted by Gasteiger charge is 2.34. The first-order chi connectivity index (χ1) is 14.8. The highest BCUT2D eigenvalue weighted by Crippen LogP contribution is 2.35. The van der Waals surface area contributed by atoms with Crippen LogP contribution in [0.2, 0.25) is 0 Å². The number of carbonyl (C=O) groups is 2. The third-order valence-corrected chi connectivity index (χ3v) is 5.85. The molecule has 1 N–H and O–H groups in total. The van der Waals surface area contributed by atoms with E-state index < -0.39 is 6.23 Å². The molecule has 1 heterocycles. The van der Waals surface area contributed by atoms with Crippen molar-refractivity contribution in [2.75, 3.05) is 47.5 Å². The zero-order valence-electron chi connectivity index (χ0n) is 18.5. The molecule has 7 heteroatoms. The molecule has 0 fully saturated rings. The highest BCUT2D eigenvalue weighted by atomic mass is 16.5. The van der Waals surface area contributed by atoms with Crippen LogP contribution < -0.4 is 4.74 Å². The second-order valence-electron chi connectivity index (χ2n) is 8.29. The van der Waals surface area contributed by atoms with E-state index in [4.69, 9.17) is 9.47 Å². The van der Waals surface area contributed by atoms with Crippen molar-refractivity contribution in [2.24, 2.45) is 0 Å². The summed E-state index contributed by atoms with van der Waals surface area (Å²) < 4.78 is 11.1. The van der Waals surface area contributed by atoms with Gasteiger partial charge in [0.05, 0.1) is 41.0 Å². The van der Waals surface area contributed by atoms with Crippen LogP contribution in [0.25, 0.3) is 10.8 Å². The van der Waals surface area contributed by atoms with Crippen molar-refractivity contribution in [3.8, 4) is 5.75 Å². The molecule has 0 spiro atoms. The molecule has 0 bridgehead atoms. The lowest BCUT2D eigenvalue weighted by Crippen LogP contribution is -2.51. The predicted octanol–water partition coefficient (Wildman–Crippen LogP) is 2.82. The summed E-state index contributed by atoms with van der Waals surface area (Å²) in [5.41, 5.74) is 1.03. The molecule has 31 heavy (non-hydrogen) atoms. The van der Waals surface area contributed by atoms with E-state index in [0.29, 0.717) is 65.9 Å². The molecule has 7 nitrogen and oxygen atoms in total. The number of ether oxygens (including phenoxy) is 2. The van der Waals surface area contributed by atoms with E-state index in [1.54, 1.807) is 37.5 Å². The van der Waals surface area contributed by atoms with E-state index in [1.165, 1.54) is 4.90 Å². The first kappa shape index (κ1) is 22.9. The van der Waals surface area contributed by atoms with Crippen LogP contribution in [0, 0.1) is 0 Å². The summed E-state index contributed by atoms with van der Waals surface area (Å²) in [6, 6.07) is 8.90. The quantitative estimate of drug-likeness (QED) is 0.196. The van der Waals surface area contributed by atoms with Gasteiger partial charge in [-0.05, 0) is 18.2 Å². The number of imide groups is 1. The summed E-state index contributed by atoms with van der Waals surface area (Å²) in [4.78, 5) is 27.5. The van der Waals surface area contributed by atoms with E-state index in [-0.39, 0.29) is 11.8 Å². The number of methoxy groups -OCH3 is 1. The van der Waals surface area contributed by atoms with Crippen LogP contribution >= 0.6 is 0 Å². The molecule has 166 valence electrons. The first-order valence-electron chi connectivity index (χ1n) is 10.5. The molecule has 2 aromatic rings. The summed E-state index contributed by atoms with van der Waals surface area (Å²) in [6.07, 6.45) is 2.16. The summed E-state index contributed by atoms with van der Waals surface area (Å²) in [6.45, 7) is 5.41. The zero-order valence-corrected chi connectivity index (χ0v) is 18.5. The van der Waals surface area contributed by atoms with E-state index in [9.17, 15) is 14.7 Å². The Kier molecular flexibility index (Phi) is 7.10. The van der Waals surface area contributed by atoms with Gasteiger partial charge in [0.15, 0.2) is 6.23 Å². The zero-order chi connectivity index (χ0) is 22.6. The van der Waals surface area contributed by atoms with Crippen molar-refractivity contribution in [3.05, 3.63) is 54.1 Å². The van der Waals surface area contributed by atoms with Gasteiger partial charge in [-0.15, -0.1) is 6.58 Å². The normalized spacial score (nSPS) is 14.8. The fraction of sp³-hybridized carbons (Fsp3) is 0.417. The van der Waals surface area contributed by atoms with E-state index in [1.807, 2.05) is 20.2 Å². The topological polar surface area (TPSA) is 76.1 Å². The van der Waals surface area contributed by atoms with Crippen LogP contribution in [0.5, 0.6) is 5.75 Å². The van der Waals surface area contributed by atoms with Gasteiger partial charge in [0, 0.05) is 41.3 Å². The molecule has 0 saturated carbocycles. The van der Waals surface area contributed by atoms with Gasteiger partial charge in [0.2, 0.25) is 0 Å².